The first-order valence-electron chi connectivity index (χ1n) is 5.94. The zero-order chi connectivity index (χ0) is 12.8. The molecule has 0 aliphatic heterocycles. The molecule has 0 spiro atoms. The second-order valence-electron chi connectivity index (χ2n) is 4.01. The number of hydrogen-bond acceptors (Lipinski definition) is 3. The molecule has 2 rings (SSSR count). The van der Waals surface area contributed by atoms with E-state index in [9.17, 15) is 0 Å². The predicted octanol–water partition coefficient (Wildman–Crippen LogP) is 3.51. The maximum Gasteiger partial charge on any atom is 0.146 e. The van der Waals surface area contributed by atoms with Crippen molar-refractivity contribution in [2.45, 2.75) is 19.4 Å². The van der Waals surface area contributed by atoms with Crippen LogP contribution < -0.4 is 10.5 Å². The van der Waals surface area contributed by atoms with E-state index < -0.39 is 0 Å². The first-order chi connectivity index (χ1) is 8.78. The standard InChI is InChI=1S/C14H16BrNO2/c15-11-3-1-4-13(9-11)17-10-14-7-6-12(18-14)5-2-8-16/h1,3-4,6-7,9H,2,5,8,10,16H2. The minimum Gasteiger partial charge on any atom is -0.486 e. The Bertz CT molecular complexity index is 496. The summed E-state index contributed by atoms with van der Waals surface area (Å²) in [6.07, 6.45) is 1.83. The Morgan fingerprint density at radius 3 is 2.78 bits per heavy atom. The maximum absolute atomic E-state index is 5.65. The summed E-state index contributed by atoms with van der Waals surface area (Å²) in [4.78, 5) is 0. The third kappa shape index (κ3) is 3.89. The number of rotatable bonds is 6. The van der Waals surface area contributed by atoms with Gasteiger partial charge in [0, 0.05) is 10.9 Å². The number of furan rings is 1. The van der Waals surface area contributed by atoms with Crippen LogP contribution in [0, 0.1) is 0 Å². The van der Waals surface area contributed by atoms with Crippen LogP contribution in [0.4, 0.5) is 0 Å². The van der Waals surface area contributed by atoms with Gasteiger partial charge in [0.05, 0.1) is 0 Å². The summed E-state index contributed by atoms with van der Waals surface area (Å²) < 4.78 is 12.3. The average Bonchev–Trinajstić information content (AvgIpc) is 2.82. The summed E-state index contributed by atoms with van der Waals surface area (Å²) in [5, 5.41) is 0. The number of benzene rings is 1. The average molecular weight is 310 g/mol. The van der Waals surface area contributed by atoms with E-state index in [0.29, 0.717) is 13.2 Å². The zero-order valence-corrected chi connectivity index (χ0v) is 11.7. The van der Waals surface area contributed by atoms with Crippen LogP contribution in [0.5, 0.6) is 5.75 Å². The molecule has 0 bridgehead atoms. The van der Waals surface area contributed by atoms with Gasteiger partial charge in [-0.05, 0) is 43.3 Å². The van der Waals surface area contributed by atoms with Crippen LogP contribution in [0.3, 0.4) is 0 Å². The minimum atomic E-state index is 0.444. The van der Waals surface area contributed by atoms with Crippen molar-refractivity contribution in [2.75, 3.05) is 6.54 Å². The van der Waals surface area contributed by atoms with Gasteiger partial charge in [-0.15, -0.1) is 0 Å². The lowest BCUT2D eigenvalue weighted by Gasteiger charge is -2.04. The molecule has 0 amide bonds. The molecule has 1 aromatic carbocycles. The molecule has 2 N–H and O–H groups in total. The molecule has 0 aliphatic carbocycles. The molecular formula is C14H16BrNO2. The minimum absolute atomic E-state index is 0.444. The van der Waals surface area contributed by atoms with E-state index in [4.69, 9.17) is 14.9 Å². The van der Waals surface area contributed by atoms with Crippen molar-refractivity contribution in [1.82, 2.24) is 0 Å². The van der Waals surface area contributed by atoms with E-state index in [2.05, 4.69) is 15.9 Å². The van der Waals surface area contributed by atoms with Crippen molar-refractivity contribution in [2.24, 2.45) is 5.73 Å². The van der Waals surface area contributed by atoms with E-state index in [0.717, 1.165) is 34.6 Å². The lowest BCUT2D eigenvalue weighted by Crippen LogP contribution is -1.99. The van der Waals surface area contributed by atoms with Gasteiger partial charge in [-0.2, -0.15) is 0 Å². The van der Waals surface area contributed by atoms with Crippen LogP contribution in [0.15, 0.2) is 45.3 Å². The summed E-state index contributed by atoms with van der Waals surface area (Å²) >= 11 is 3.41. The van der Waals surface area contributed by atoms with Crippen molar-refractivity contribution in [3.05, 3.63) is 52.4 Å². The summed E-state index contributed by atoms with van der Waals surface area (Å²) in [7, 11) is 0. The van der Waals surface area contributed by atoms with Gasteiger partial charge in [-0.25, -0.2) is 0 Å². The molecule has 4 heteroatoms. The highest BCUT2D eigenvalue weighted by Crippen LogP contribution is 2.19. The topological polar surface area (TPSA) is 48.4 Å². The Balaban J connectivity index is 1.88. The van der Waals surface area contributed by atoms with Gasteiger partial charge >= 0.3 is 0 Å². The Morgan fingerprint density at radius 2 is 2.00 bits per heavy atom. The Morgan fingerprint density at radius 1 is 1.17 bits per heavy atom. The fraction of sp³-hybridized carbons (Fsp3) is 0.286. The Hall–Kier alpha value is -1.26. The molecule has 2 aromatic rings. The third-order valence-electron chi connectivity index (χ3n) is 2.52. The highest BCUT2D eigenvalue weighted by atomic mass is 79.9. The van der Waals surface area contributed by atoms with Crippen LogP contribution in [0.2, 0.25) is 0 Å². The summed E-state index contributed by atoms with van der Waals surface area (Å²) in [5.74, 6) is 2.62. The number of aryl methyl sites for hydroxylation is 1. The summed E-state index contributed by atoms with van der Waals surface area (Å²) in [6.45, 7) is 1.13. The molecule has 1 heterocycles. The monoisotopic (exact) mass is 309 g/mol. The number of hydrogen-bond donors (Lipinski definition) is 1. The fourth-order valence-corrected chi connectivity index (χ4v) is 2.00. The highest BCUT2D eigenvalue weighted by Gasteiger charge is 2.03. The fourth-order valence-electron chi connectivity index (χ4n) is 1.62. The lowest BCUT2D eigenvalue weighted by molar-refractivity contribution is 0.265. The second kappa shape index (κ2) is 6.61. The first-order valence-corrected chi connectivity index (χ1v) is 6.73. The van der Waals surface area contributed by atoms with Crippen molar-refractivity contribution in [3.8, 4) is 5.75 Å². The van der Waals surface area contributed by atoms with Gasteiger partial charge in [-0.3, -0.25) is 0 Å². The zero-order valence-electron chi connectivity index (χ0n) is 10.1. The smallest absolute Gasteiger partial charge is 0.146 e. The van der Waals surface area contributed by atoms with Crippen LogP contribution in [-0.2, 0) is 13.0 Å². The summed E-state index contributed by atoms with van der Waals surface area (Å²) in [5.41, 5.74) is 5.46. The van der Waals surface area contributed by atoms with E-state index in [1.165, 1.54) is 0 Å². The molecule has 1 aromatic heterocycles. The van der Waals surface area contributed by atoms with Crippen LogP contribution in [0.1, 0.15) is 17.9 Å². The predicted molar refractivity (Wildman–Crippen MR) is 74.6 cm³/mol. The van der Waals surface area contributed by atoms with E-state index in [1.54, 1.807) is 0 Å². The highest BCUT2D eigenvalue weighted by molar-refractivity contribution is 9.10. The van der Waals surface area contributed by atoms with Gasteiger partial charge in [0.15, 0.2) is 0 Å². The molecule has 0 unspecified atom stereocenters. The SMILES string of the molecule is NCCCc1ccc(COc2cccc(Br)c2)o1. The molecule has 0 atom stereocenters. The molecule has 96 valence electrons. The quantitative estimate of drug-likeness (QED) is 0.888. The van der Waals surface area contributed by atoms with Gasteiger partial charge in [0.2, 0.25) is 0 Å². The molecule has 18 heavy (non-hydrogen) atoms. The first kappa shape index (κ1) is 13.2. The molecule has 0 radical (unpaired) electrons. The number of halogens is 1. The number of nitrogens with two attached hydrogens (primary N) is 1. The Kier molecular flexibility index (Phi) is 4.84. The van der Waals surface area contributed by atoms with Crippen molar-refractivity contribution < 1.29 is 9.15 Å². The molecule has 0 saturated heterocycles. The van der Waals surface area contributed by atoms with Gasteiger partial charge in [-0.1, -0.05) is 22.0 Å². The van der Waals surface area contributed by atoms with Crippen molar-refractivity contribution >= 4 is 15.9 Å². The van der Waals surface area contributed by atoms with Crippen LogP contribution in [-0.4, -0.2) is 6.54 Å². The van der Waals surface area contributed by atoms with Crippen molar-refractivity contribution in [3.63, 3.8) is 0 Å². The second-order valence-corrected chi connectivity index (χ2v) is 4.92. The Labute approximate surface area is 115 Å². The van der Waals surface area contributed by atoms with Gasteiger partial charge in [0.1, 0.15) is 23.9 Å². The molecule has 0 aliphatic rings. The third-order valence-corrected chi connectivity index (χ3v) is 3.02. The molecule has 3 nitrogen and oxygen atoms in total. The molecule has 0 fully saturated rings. The summed E-state index contributed by atoms with van der Waals surface area (Å²) in [6, 6.07) is 11.7. The van der Waals surface area contributed by atoms with E-state index in [1.807, 2.05) is 36.4 Å². The lowest BCUT2D eigenvalue weighted by atomic mass is 10.2. The van der Waals surface area contributed by atoms with E-state index >= 15 is 0 Å². The van der Waals surface area contributed by atoms with Crippen LogP contribution in [0.25, 0.3) is 0 Å². The largest absolute Gasteiger partial charge is 0.486 e. The van der Waals surface area contributed by atoms with Gasteiger partial charge < -0.3 is 14.9 Å². The normalized spacial score (nSPS) is 10.6. The van der Waals surface area contributed by atoms with E-state index in [-0.39, 0.29) is 0 Å². The molecule has 0 saturated carbocycles. The molecular weight excluding hydrogens is 294 g/mol. The van der Waals surface area contributed by atoms with Gasteiger partial charge in [0.25, 0.3) is 0 Å². The van der Waals surface area contributed by atoms with Crippen molar-refractivity contribution in [1.29, 1.82) is 0 Å². The maximum atomic E-state index is 5.65. The number of ether oxygens (including phenoxy) is 1. The van der Waals surface area contributed by atoms with Crippen LogP contribution >= 0.6 is 15.9 Å².